The number of aromatic nitrogens is 3. The Kier molecular flexibility index (Phi) is 3.21. The SMILES string of the molecule is CCCCn1c(CCl)nc2cnccc21. The number of pyridine rings is 1. The van der Waals surface area contributed by atoms with E-state index in [2.05, 4.69) is 21.5 Å². The van der Waals surface area contributed by atoms with E-state index < -0.39 is 0 Å². The number of hydrogen-bond donors (Lipinski definition) is 0. The standard InChI is InChI=1S/C11H14ClN3/c1-2-3-6-15-10-4-5-13-8-9(10)14-11(15)7-12/h4-5,8H,2-3,6-7H2,1H3. The van der Waals surface area contributed by atoms with Crippen molar-refractivity contribution in [3.63, 3.8) is 0 Å². The van der Waals surface area contributed by atoms with E-state index in [-0.39, 0.29) is 0 Å². The molecule has 0 spiro atoms. The highest BCUT2D eigenvalue weighted by Gasteiger charge is 2.08. The minimum Gasteiger partial charge on any atom is -0.327 e. The molecule has 4 heteroatoms. The summed E-state index contributed by atoms with van der Waals surface area (Å²) in [6.07, 6.45) is 5.91. The van der Waals surface area contributed by atoms with Gasteiger partial charge >= 0.3 is 0 Å². The van der Waals surface area contributed by atoms with Crippen LogP contribution < -0.4 is 0 Å². The molecule has 80 valence electrons. The maximum atomic E-state index is 5.88. The second kappa shape index (κ2) is 4.62. The van der Waals surface area contributed by atoms with Crippen molar-refractivity contribution in [1.29, 1.82) is 0 Å². The van der Waals surface area contributed by atoms with E-state index in [9.17, 15) is 0 Å². The molecule has 0 N–H and O–H groups in total. The smallest absolute Gasteiger partial charge is 0.124 e. The van der Waals surface area contributed by atoms with Gasteiger partial charge in [-0.15, -0.1) is 11.6 Å². The van der Waals surface area contributed by atoms with Crippen molar-refractivity contribution in [3.05, 3.63) is 24.3 Å². The first-order chi connectivity index (χ1) is 7.36. The van der Waals surface area contributed by atoms with E-state index >= 15 is 0 Å². The Morgan fingerprint density at radius 3 is 3.07 bits per heavy atom. The molecule has 0 aromatic carbocycles. The summed E-state index contributed by atoms with van der Waals surface area (Å²) in [6, 6.07) is 1.99. The van der Waals surface area contributed by atoms with Crippen molar-refractivity contribution in [3.8, 4) is 0 Å². The van der Waals surface area contributed by atoms with Gasteiger partial charge in [-0.2, -0.15) is 0 Å². The van der Waals surface area contributed by atoms with Crippen LogP contribution in [-0.4, -0.2) is 14.5 Å². The van der Waals surface area contributed by atoms with Gasteiger partial charge in [0.05, 0.1) is 17.6 Å². The number of hydrogen-bond acceptors (Lipinski definition) is 2. The molecule has 0 aliphatic heterocycles. The Labute approximate surface area is 94.1 Å². The fourth-order valence-electron chi connectivity index (χ4n) is 1.70. The van der Waals surface area contributed by atoms with Crippen LogP contribution in [-0.2, 0) is 12.4 Å². The summed E-state index contributed by atoms with van der Waals surface area (Å²) in [7, 11) is 0. The molecule has 0 aliphatic carbocycles. The van der Waals surface area contributed by atoms with Crippen LogP contribution >= 0.6 is 11.6 Å². The summed E-state index contributed by atoms with van der Waals surface area (Å²) >= 11 is 5.88. The molecule has 15 heavy (non-hydrogen) atoms. The van der Waals surface area contributed by atoms with Crippen molar-refractivity contribution in [1.82, 2.24) is 14.5 Å². The van der Waals surface area contributed by atoms with Crippen LogP contribution in [0.15, 0.2) is 18.5 Å². The number of aryl methyl sites for hydroxylation is 1. The third-order valence-electron chi connectivity index (χ3n) is 2.48. The van der Waals surface area contributed by atoms with Gasteiger partial charge in [0, 0.05) is 12.7 Å². The number of imidazole rings is 1. The van der Waals surface area contributed by atoms with E-state index in [0.717, 1.165) is 29.8 Å². The zero-order valence-corrected chi connectivity index (χ0v) is 9.54. The third kappa shape index (κ3) is 1.97. The summed E-state index contributed by atoms with van der Waals surface area (Å²) in [5.41, 5.74) is 2.07. The first kappa shape index (κ1) is 10.4. The van der Waals surface area contributed by atoms with Gasteiger partial charge in [-0.25, -0.2) is 4.98 Å². The van der Waals surface area contributed by atoms with Crippen LogP contribution in [0.2, 0.25) is 0 Å². The highest BCUT2D eigenvalue weighted by Crippen LogP contribution is 2.17. The number of rotatable bonds is 4. The molecule has 0 radical (unpaired) electrons. The lowest BCUT2D eigenvalue weighted by Crippen LogP contribution is -2.02. The summed E-state index contributed by atoms with van der Waals surface area (Å²) in [6.45, 7) is 3.17. The normalized spacial score (nSPS) is 11.1. The maximum Gasteiger partial charge on any atom is 0.124 e. The van der Waals surface area contributed by atoms with Crippen LogP contribution in [0.5, 0.6) is 0 Å². The van der Waals surface area contributed by atoms with Crippen LogP contribution in [0, 0.1) is 0 Å². The van der Waals surface area contributed by atoms with Crippen LogP contribution in [0.1, 0.15) is 25.6 Å². The molecule has 0 saturated carbocycles. The van der Waals surface area contributed by atoms with Gasteiger partial charge in [0.2, 0.25) is 0 Å². The number of unbranched alkanes of at least 4 members (excludes halogenated alkanes) is 1. The topological polar surface area (TPSA) is 30.7 Å². The average molecular weight is 224 g/mol. The lowest BCUT2D eigenvalue weighted by molar-refractivity contribution is 0.628. The Hall–Kier alpha value is -1.09. The maximum absolute atomic E-state index is 5.88. The van der Waals surface area contributed by atoms with E-state index in [1.165, 1.54) is 6.42 Å². The van der Waals surface area contributed by atoms with Crippen molar-refractivity contribution in [2.45, 2.75) is 32.2 Å². The lowest BCUT2D eigenvalue weighted by Gasteiger charge is -2.05. The van der Waals surface area contributed by atoms with Crippen LogP contribution in [0.4, 0.5) is 0 Å². The predicted octanol–water partition coefficient (Wildman–Crippen LogP) is 2.97. The molecule has 2 rings (SSSR count). The second-order valence-corrected chi connectivity index (χ2v) is 3.80. The van der Waals surface area contributed by atoms with Crippen molar-refractivity contribution >= 4 is 22.6 Å². The Morgan fingerprint density at radius 2 is 2.33 bits per heavy atom. The Balaban J connectivity index is 2.47. The summed E-state index contributed by atoms with van der Waals surface area (Å²) in [4.78, 5) is 8.52. The fraction of sp³-hybridized carbons (Fsp3) is 0.455. The molecule has 0 aliphatic rings. The first-order valence-electron chi connectivity index (χ1n) is 5.22. The molecule has 2 aromatic rings. The highest BCUT2D eigenvalue weighted by molar-refractivity contribution is 6.16. The number of halogens is 1. The lowest BCUT2D eigenvalue weighted by atomic mass is 10.3. The fourth-order valence-corrected chi connectivity index (χ4v) is 1.90. The monoisotopic (exact) mass is 223 g/mol. The van der Waals surface area contributed by atoms with Crippen LogP contribution in [0.3, 0.4) is 0 Å². The van der Waals surface area contributed by atoms with Crippen LogP contribution in [0.25, 0.3) is 11.0 Å². The second-order valence-electron chi connectivity index (χ2n) is 3.53. The molecule has 0 saturated heterocycles. The zero-order valence-electron chi connectivity index (χ0n) is 8.78. The quantitative estimate of drug-likeness (QED) is 0.747. The summed E-state index contributed by atoms with van der Waals surface area (Å²) in [5, 5.41) is 0. The molecule has 0 bridgehead atoms. The number of nitrogens with zero attached hydrogens (tertiary/aromatic N) is 3. The van der Waals surface area contributed by atoms with E-state index in [1.807, 2.05) is 6.07 Å². The Bertz CT molecular complexity index is 450. The largest absolute Gasteiger partial charge is 0.327 e. The van der Waals surface area contributed by atoms with Gasteiger partial charge in [-0.05, 0) is 12.5 Å². The Morgan fingerprint density at radius 1 is 1.47 bits per heavy atom. The molecule has 2 aromatic heterocycles. The van der Waals surface area contributed by atoms with Gasteiger partial charge in [0.15, 0.2) is 0 Å². The summed E-state index contributed by atoms with van der Waals surface area (Å²) < 4.78 is 2.19. The van der Waals surface area contributed by atoms with Crippen molar-refractivity contribution < 1.29 is 0 Å². The van der Waals surface area contributed by atoms with Crippen molar-refractivity contribution in [2.75, 3.05) is 0 Å². The van der Waals surface area contributed by atoms with E-state index in [1.54, 1.807) is 12.4 Å². The predicted molar refractivity (Wildman–Crippen MR) is 62.0 cm³/mol. The molecular weight excluding hydrogens is 210 g/mol. The molecule has 3 nitrogen and oxygen atoms in total. The molecular formula is C11H14ClN3. The van der Waals surface area contributed by atoms with Gasteiger partial charge < -0.3 is 4.57 Å². The zero-order chi connectivity index (χ0) is 10.7. The number of alkyl halides is 1. The first-order valence-corrected chi connectivity index (χ1v) is 5.75. The van der Waals surface area contributed by atoms with Crippen molar-refractivity contribution in [2.24, 2.45) is 0 Å². The van der Waals surface area contributed by atoms with E-state index in [0.29, 0.717) is 5.88 Å². The minimum atomic E-state index is 0.457. The highest BCUT2D eigenvalue weighted by atomic mass is 35.5. The molecule has 2 heterocycles. The molecule has 0 unspecified atom stereocenters. The van der Waals surface area contributed by atoms with Gasteiger partial charge in [0.25, 0.3) is 0 Å². The minimum absolute atomic E-state index is 0.457. The summed E-state index contributed by atoms with van der Waals surface area (Å²) in [5.74, 6) is 1.39. The number of fused-ring (bicyclic) bond motifs is 1. The van der Waals surface area contributed by atoms with E-state index in [4.69, 9.17) is 11.6 Å². The molecule has 0 atom stereocenters. The van der Waals surface area contributed by atoms with Gasteiger partial charge in [-0.1, -0.05) is 13.3 Å². The third-order valence-corrected chi connectivity index (χ3v) is 2.72. The average Bonchev–Trinajstić information content (AvgIpc) is 2.64. The molecule has 0 fully saturated rings. The van der Waals surface area contributed by atoms with Gasteiger partial charge in [0.1, 0.15) is 11.3 Å². The van der Waals surface area contributed by atoms with Gasteiger partial charge in [-0.3, -0.25) is 4.98 Å². The molecule has 0 amide bonds.